The lowest BCUT2D eigenvalue weighted by Crippen LogP contribution is -2.31. The number of unbranched alkanes of at least 4 members (excludes halogenated alkanes) is 1. The van der Waals surface area contributed by atoms with Crippen molar-refractivity contribution in [1.29, 1.82) is 0 Å². The number of carbonyl (C=O) groups is 3. The number of rotatable bonds is 11. The fraction of sp³-hybridized carbons (Fsp3) is 0.310. The number of hydrogen-bond donors (Lipinski definition) is 1. The van der Waals surface area contributed by atoms with Gasteiger partial charge in [-0.1, -0.05) is 37.6 Å². The Bertz CT molecular complexity index is 1310. The van der Waals surface area contributed by atoms with Crippen LogP contribution in [0.15, 0.2) is 72.8 Å². The molecule has 4 rings (SSSR count). The summed E-state index contributed by atoms with van der Waals surface area (Å²) in [5.41, 5.74) is 1.31. The van der Waals surface area contributed by atoms with Crippen LogP contribution in [-0.2, 0) is 20.9 Å². The van der Waals surface area contributed by atoms with Crippen molar-refractivity contribution in [2.24, 2.45) is 0 Å². The summed E-state index contributed by atoms with van der Waals surface area (Å²) in [7, 11) is 1.30. The van der Waals surface area contributed by atoms with Crippen LogP contribution >= 0.6 is 0 Å². The number of aliphatic hydroxyl groups is 1. The van der Waals surface area contributed by atoms with Gasteiger partial charge in [0.2, 0.25) is 0 Å². The highest BCUT2D eigenvalue weighted by Crippen LogP contribution is 2.40. The first kappa shape index (κ1) is 26.7. The van der Waals surface area contributed by atoms with Gasteiger partial charge in [-0.2, -0.15) is 0 Å². The first-order chi connectivity index (χ1) is 18.4. The standard InChI is InChI=1S/C29H31N3O6/c1-3-4-17-38-23-8-5-7-22(18-23)26(33)24-25(20-9-11-21(12-10-20)29(36)37-2)32(28(35)27(24)34)15-6-14-31-16-13-30-19-31/h5,7-13,16,18-19,25,33H,3-4,6,14-15,17H2,1-2H3/b26-24+. The van der Waals surface area contributed by atoms with Crippen LogP contribution in [-0.4, -0.2) is 57.5 Å². The van der Waals surface area contributed by atoms with Crippen molar-refractivity contribution in [3.63, 3.8) is 0 Å². The topological polar surface area (TPSA) is 111 Å². The molecule has 1 N–H and O–H groups in total. The number of ketones is 1. The summed E-state index contributed by atoms with van der Waals surface area (Å²) in [5.74, 6) is -1.65. The predicted octanol–water partition coefficient (Wildman–Crippen LogP) is 4.36. The molecule has 2 heterocycles. The molecule has 2 aromatic carbocycles. The number of amides is 1. The van der Waals surface area contributed by atoms with Crippen molar-refractivity contribution in [3.05, 3.63) is 89.5 Å². The van der Waals surface area contributed by atoms with Gasteiger partial charge in [0, 0.05) is 31.0 Å². The number of ether oxygens (including phenoxy) is 2. The Balaban J connectivity index is 1.71. The number of likely N-dealkylation sites (tertiary alicyclic amines) is 1. The molecule has 9 heteroatoms. The van der Waals surface area contributed by atoms with E-state index in [1.165, 1.54) is 12.0 Å². The van der Waals surface area contributed by atoms with Crippen LogP contribution < -0.4 is 4.74 Å². The second-order valence-corrected chi connectivity index (χ2v) is 8.99. The van der Waals surface area contributed by atoms with E-state index >= 15 is 0 Å². The summed E-state index contributed by atoms with van der Waals surface area (Å²) in [5, 5.41) is 11.3. The summed E-state index contributed by atoms with van der Waals surface area (Å²) in [6.45, 7) is 3.49. The van der Waals surface area contributed by atoms with Crippen LogP contribution in [0.25, 0.3) is 5.76 Å². The fourth-order valence-electron chi connectivity index (χ4n) is 4.44. The van der Waals surface area contributed by atoms with Crippen LogP contribution in [0.2, 0.25) is 0 Å². The summed E-state index contributed by atoms with van der Waals surface area (Å²) < 4.78 is 12.4. The molecule has 1 unspecified atom stereocenters. The Morgan fingerprint density at radius 1 is 1.05 bits per heavy atom. The molecule has 0 radical (unpaired) electrons. The van der Waals surface area contributed by atoms with Gasteiger partial charge in [0.15, 0.2) is 0 Å². The lowest BCUT2D eigenvalue weighted by molar-refractivity contribution is -0.139. The number of hydrogen-bond acceptors (Lipinski definition) is 7. The smallest absolute Gasteiger partial charge is 0.337 e. The Morgan fingerprint density at radius 2 is 1.84 bits per heavy atom. The molecule has 9 nitrogen and oxygen atoms in total. The average Bonchev–Trinajstić information content (AvgIpc) is 3.55. The molecule has 0 spiro atoms. The molecular weight excluding hydrogens is 486 g/mol. The van der Waals surface area contributed by atoms with Crippen molar-refractivity contribution >= 4 is 23.4 Å². The Morgan fingerprint density at radius 3 is 2.53 bits per heavy atom. The number of aromatic nitrogens is 2. The van der Waals surface area contributed by atoms with E-state index in [1.807, 2.05) is 10.8 Å². The number of imidazole rings is 1. The number of aryl methyl sites for hydroxylation is 1. The number of nitrogens with zero attached hydrogens (tertiary/aromatic N) is 3. The van der Waals surface area contributed by atoms with Gasteiger partial charge in [-0.3, -0.25) is 9.59 Å². The molecular formula is C29H31N3O6. The number of methoxy groups -OCH3 is 1. The highest BCUT2D eigenvalue weighted by atomic mass is 16.5. The van der Waals surface area contributed by atoms with Crippen molar-refractivity contribution in [3.8, 4) is 5.75 Å². The van der Waals surface area contributed by atoms with Crippen LogP contribution in [0, 0.1) is 0 Å². The van der Waals surface area contributed by atoms with Crippen LogP contribution in [0.5, 0.6) is 5.75 Å². The van der Waals surface area contributed by atoms with Gasteiger partial charge in [0.25, 0.3) is 11.7 Å². The molecule has 1 atom stereocenters. The number of Topliss-reactive ketones (excluding diaryl/α,β-unsaturated/α-hetero) is 1. The molecule has 1 saturated heterocycles. The first-order valence-electron chi connectivity index (χ1n) is 12.6. The third-order valence-corrected chi connectivity index (χ3v) is 6.44. The predicted molar refractivity (Wildman–Crippen MR) is 140 cm³/mol. The molecule has 3 aromatic rings. The minimum Gasteiger partial charge on any atom is -0.507 e. The van der Waals surface area contributed by atoms with Crippen molar-refractivity contribution in [1.82, 2.24) is 14.5 Å². The minimum atomic E-state index is -0.825. The number of esters is 1. The number of benzene rings is 2. The van der Waals surface area contributed by atoms with Gasteiger partial charge in [-0.25, -0.2) is 9.78 Å². The average molecular weight is 518 g/mol. The monoisotopic (exact) mass is 517 g/mol. The van der Waals surface area contributed by atoms with E-state index in [0.29, 0.717) is 42.0 Å². The maximum absolute atomic E-state index is 13.3. The van der Waals surface area contributed by atoms with Gasteiger partial charge in [0.1, 0.15) is 11.5 Å². The Kier molecular flexibility index (Phi) is 8.58. The largest absolute Gasteiger partial charge is 0.507 e. The molecule has 1 fully saturated rings. The molecule has 198 valence electrons. The zero-order valence-electron chi connectivity index (χ0n) is 21.5. The van der Waals surface area contributed by atoms with E-state index in [4.69, 9.17) is 9.47 Å². The SMILES string of the molecule is CCCCOc1cccc(/C(O)=C2\C(=O)C(=O)N(CCCn3ccnc3)C2c2ccc(C(=O)OC)cc2)c1. The molecule has 1 aliphatic rings. The highest BCUT2D eigenvalue weighted by molar-refractivity contribution is 6.46. The van der Waals surface area contributed by atoms with Crippen LogP contribution in [0.4, 0.5) is 0 Å². The Labute approximate surface area is 221 Å². The third kappa shape index (κ3) is 5.77. The van der Waals surface area contributed by atoms with E-state index in [-0.39, 0.29) is 17.9 Å². The van der Waals surface area contributed by atoms with Gasteiger partial charge in [-0.15, -0.1) is 0 Å². The second kappa shape index (κ2) is 12.2. The molecule has 1 amide bonds. The van der Waals surface area contributed by atoms with Crippen molar-refractivity contribution in [2.75, 3.05) is 20.3 Å². The second-order valence-electron chi connectivity index (χ2n) is 8.99. The third-order valence-electron chi connectivity index (χ3n) is 6.44. The molecule has 38 heavy (non-hydrogen) atoms. The summed E-state index contributed by atoms with van der Waals surface area (Å²) in [6.07, 6.45) is 7.64. The zero-order valence-corrected chi connectivity index (χ0v) is 21.5. The van der Waals surface area contributed by atoms with E-state index in [0.717, 1.165) is 12.8 Å². The lowest BCUT2D eigenvalue weighted by atomic mass is 9.94. The highest BCUT2D eigenvalue weighted by Gasteiger charge is 2.45. The maximum atomic E-state index is 13.3. The van der Waals surface area contributed by atoms with E-state index < -0.39 is 23.7 Å². The van der Waals surface area contributed by atoms with Crippen LogP contribution in [0.3, 0.4) is 0 Å². The normalized spacial score (nSPS) is 16.6. The minimum absolute atomic E-state index is 0.00541. The molecule has 1 aromatic heterocycles. The van der Waals surface area contributed by atoms with E-state index in [2.05, 4.69) is 11.9 Å². The summed E-state index contributed by atoms with van der Waals surface area (Å²) in [6, 6.07) is 12.5. The summed E-state index contributed by atoms with van der Waals surface area (Å²) in [4.78, 5) is 43.9. The Hall–Kier alpha value is -4.40. The van der Waals surface area contributed by atoms with Crippen molar-refractivity contribution < 1.29 is 29.0 Å². The van der Waals surface area contributed by atoms with Crippen molar-refractivity contribution in [2.45, 2.75) is 38.8 Å². The van der Waals surface area contributed by atoms with Gasteiger partial charge in [0.05, 0.1) is 37.2 Å². The summed E-state index contributed by atoms with van der Waals surface area (Å²) >= 11 is 0. The fourth-order valence-corrected chi connectivity index (χ4v) is 4.44. The zero-order chi connectivity index (χ0) is 27.1. The van der Waals surface area contributed by atoms with Gasteiger partial charge >= 0.3 is 5.97 Å². The first-order valence-corrected chi connectivity index (χ1v) is 12.6. The molecule has 1 aliphatic heterocycles. The lowest BCUT2D eigenvalue weighted by Gasteiger charge is -2.25. The van der Waals surface area contributed by atoms with Gasteiger partial charge in [-0.05, 0) is 42.7 Å². The van der Waals surface area contributed by atoms with Crippen LogP contribution in [0.1, 0.15) is 53.7 Å². The molecule has 0 aliphatic carbocycles. The molecule has 0 bridgehead atoms. The number of carbonyl (C=O) groups excluding carboxylic acids is 3. The van der Waals surface area contributed by atoms with E-state index in [9.17, 15) is 19.5 Å². The number of aliphatic hydroxyl groups excluding tert-OH is 1. The quantitative estimate of drug-likeness (QED) is 0.132. The maximum Gasteiger partial charge on any atom is 0.337 e. The van der Waals surface area contributed by atoms with E-state index in [1.54, 1.807) is 61.1 Å². The molecule has 0 saturated carbocycles. The van der Waals surface area contributed by atoms with Gasteiger partial charge < -0.3 is 24.0 Å².